The first-order chi connectivity index (χ1) is 14.0. The number of piperidine rings is 1. The first kappa shape index (κ1) is 19.7. The summed E-state index contributed by atoms with van der Waals surface area (Å²) in [7, 11) is 0. The molecule has 2 aliphatic carbocycles. The molecule has 4 rings (SSSR count). The van der Waals surface area contributed by atoms with Crippen molar-refractivity contribution in [2.24, 2.45) is 5.92 Å². The van der Waals surface area contributed by atoms with E-state index in [1.165, 1.54) is 5.56 Å². The van der Waals surface area contributed by atoms with Gasteiger partial charge in [0, 0.05) is 30.5 Å². The molecule has 1 saturated heterocycles. The Balaban J connectivity index is 1.58. The average Bonchev–Trinajstić information content (AvgIpc) is 3.22. The summed E-state index contributed by atoms with van der Waals surface area (Å²) < 4.78 is 5.56. The Morgan fingerprint density at radius 3 is 2.59 bits per heavy atom. The maximum absolute atomic E-state index is 12.4. The van der Waals surface area contributed by atoms with Crippen LogP contribution in [0.15, 0.2) is 54.3 Å². The number of amides is 2. The van der Waals surface area contributed by atoms with E-state index in [1.807, 2.05) is 17.0 Å². The number of rotatable bonds is 3. The van der Waals surface area contributed by atoms with Crippen molar-refractivity contribution in [3.8, 4) is 0 Å². The van der Waals surface area contributed by atoms with Crippen LogP contribution in [-0.4, -0.2) is 35.6 Å². The number of alkyl carbamates (subject to hydrolysis) is 1. The molecule has 3 aliphatic rings. The molecule has 1 aliphatic heterocycles. The lowest BCUT2D eigenvalue weighted by atomic mass is 9.63. The largest absolute Gasteiger partial charge is 0.446 e. The highest BCUT2D eigenvalue weighted by atomic mass is 16.6. The van der Waals surface area contributed by atoms with Crippen LogP contribution >= 0.6 is 0 Å². The molecule has 2 fully saturated rings. The van der Waals surface area contributed by atoms with Crippen LogP contribution in [0.3, 0.4) is 0 Å². The lowest BCUT2D eigenvalue weighted by Gasteiger charge is -2.50. The highest BCUT2D eigenvalue weighted by Crippen LogP contribution is 2.45. The van der Waals surface area contributed by atoms with Crippen LogP contribution in [0.25, 0.3) is 0 Å². The molecule has 29 heavy (non-hydrogen) atoms. The lowest BCUT2D eigenvalue weighted by Crippen LogP contribution is -2.56. The van der Waals surface area contributed by atoms with Gasteiger partial charge in [0.25, 0.3) is 0 Å². The third-order valence-electron chi connectivity index (χ3n) is 6.83. The number of benzene rings is 1. The molecular weight excluding hydrogens is 364 g/mol. The number of nitrogens with zero attached hydrogens (tertiary/aromatic N) is 1. The van der Waals surface area contributed by atoms with Crippen molar-refractivity contribution in [1.29, 1.82) is 0 Å². The number of ether oxygens (including phenoxy) is 1. The van der Waals surface area contributed by atoms with Gasteiger partial charge in [0.05, 0.1) is 6.04 Å². The second-order valence-corrected chi connectivity index (χ2v) is 8.68. The zero-order valence-electron chi connectivity index (χ0n) is 17.3. The summed E-state index contributed by atoms with van der Waals surface area (Å²) in [5, 5.41) is 2.92. The van der Waals surface area contributed by atoms with E-state index in [4.69, 9.17) is 4.74 Å². The van der Waals surface area contributed by atoms with E-state index >= 15 is 0 Å². The Kier molecular flexibility index (Phi) is 5.48. The van der Waals surface area contributed by atoms with Crippen molar-refractivity contribution in [2.45, 2.75) is 63.5 Å². The summed E-state index contributed by atoms with van der Waals surface area (Å²) in [6, 6.07) is 10.5. The zero-order valence-corrected chi connectivity index (χ0v) is 17.3. The van der Waals surface area contributed by atoms with Crippen molar-refractivity contribution in [3.05, 3.63) is 59.8 Å². The van der Waals surface area contributed by atoms with E-state index in [-0.39, 0.29) is 35.5 Å². The molecule has 154 valence electrons. The first-order valence-corrected chi connectivity index (χ1v) is 10.7. The minimum Gasteiger partial charge on any atom is -0.446 e. The monoisotopic (exact) mass is 394 g/mol. The van der Waals surface area contributed by atoms with Gasteiger partial charge in [0.1, 0.15) is 6.10 Å². The predicted octanol–water partition coefficient (Wildman–Crippen LogP) is 4.30. The van der Waals surface area contributed by atoms with Gasteiger partial charge in [-0.3, -0.25) is 10.1 Å². The third kappa shape index (κ3) is 3.96. The molecule has 1 heterocycles. The molecule has 5 heteroatoms. The number of carbonyl (C=O) groups is 2. The van der Waals surface area contributed by atoms with Crippen LogP contribution in [0.4, 0.5) is 4.79 Å². The van der Waals surface area contributed by atoms with Crippen molar-refractivity contribution in [3.63, 3.8) is 0 Å². The van der Waals surface area contributed by atoms with E-state index in [1.54, 1.807) is 6.92 Å². The van der Waals surface area contributed by atoms with E-state index < -0.39 is 0 Å². The maximum Gasteiger partial charge on any atom is 0.411 e. The quantitative estimate of drug-likeness (QED) is 0.831. The van der Waals surface area contributed by atoms with Gasteiger partial charge in [-0.1, -0.05) is 49.4 Å². The molecule has 1 saturated carbocycles. The number of hydrogen-bond acceptors (Lipinski definition) is 3. The Morgan fingerprint density at radius 1 is 1.17 bits per heavy atom. The molecule has 0 bridgehead atoms. The first-order valence-electron chi connectivity index (χ1n) is 10.7. The van der Waals surface area contributed by atoms with Crippen molar-refractivity contribution in [2.75, 3.05) is 6.54 Å². The highest BCUT2D eigenvalue weighted by Gasteiger charge is 2.46. The molecule has 5 nitrogen and oxygen atoms in total. The van der Waals surface area contributed by atoms with Crippen LogP contribution in [0, 0.1) is 5.92 Å². The topological polar surface area (TPSA) is 58.6 Å². The smallest absolute Gasteiger partial charge is 0.411 e. The van der Waals surface area contributed by atoms with Gasteiger partial charge >= 0.3 is 6.09 Å². The van der Waals surface area contributed by atoms with Gasteiger partial charge in [0.15, 0.2) is 0 Å². The second-order valence-electron chi connectivity index (χ2n) is 8.68. The fourth-order valence-electron chi connectivity index (χ4n) is 5.11. The number of likely N-dealkylation sites (tertiary alicyclic amines) is 1. The minimum atomic E-state index is -0.383. The van der Waals surface area contributed by atoms with Crippen LogP contribution in [-0.2, 0) is 14.9 Å². The molecule has 3 atom stereocenters. The highest BCUT2D eigenvalue weighted by molar-refractivity contribution is 5.75. The fourth-order valence-corrected chi connectivity index (χ4v) is 5.11. The van der Waals surface area contributed by atoms with Gasteiger partial charge in [-0.25, -0.2) is 4.79 Å². The van der Waals surface area contributed by atoms with Crippen LogP contribution in [0.1, 0.15) is 51.5 Å². The van der Waals surface area contributed by atoms with E-state index in [0.717, 1.165) is 44.3 Å². The van der Waals surface area contributed by atoms with Crippen LogP contribution < -0.4 is 5.32 Å². The summed E-state index contributed by atoms with van der Waals surface area (Å²) >= 11 is 0. The molecule has 1 aromatic rings. The van der Waals surface area contributed by atoms with Gasteiger partial charge < -0.3 is 9.64 Å². The molecule has 0 aromatic heterocycles. The number of carbonyl (C=O) groups excluding carboxylic acids is 2. The average molecular weight is 395 g/mol. The Morgan fingerprint density at radius 2 is 1.90 bits per heavy atom. The Labute approximate surface area is 172 Å². The summed E-state index contributed by atoms with van der Waals surface area (Å²) in [4.78, 5) is 26.5. The zero-order chi connectivity index (χ0) is 20.4. The molecular formula is C24H30N2O3. The summed E-state index contributed by atoms with van der Waals surface area (Å²) in [6.45, 7) is 4.63. The summed E-state index contributed by atoms with van der Waals surface area (Å²) in [6.07, 6.45) is 10.8. The number of allylic oxidation sites excluding steroid dienone is 1. The standard InChI is InChI=1S/C24H30N2O3/c1-17(27)26-15-14-24(2,18-8-4-3-5-9-18)21-16-19(12-13-22(21)26)25-23(28)29-20-10-6-7-11-20/h3-5,8-9,12-13,16,20-22H,6-7,10-11,14-15H2,1-2H3,(H,25,28). The van der Waals surface area contributed by atoms with Crippen molar-refractivity contribution < 1.29 is 14.3 Å². The SMILES string of the molecule is CC(=O)N1CCC(C)(c2ccccc2)C2C=C(NC(=O)OC3CCCC3)C=CC21. The van der Waals surface area contributed by atoms with E-state index in [2.05, 4.69) is 48.7 Å². The molecule has 1 aromatic carbocycles. The van der Waals surface area contributed by atoms with Crippen LogP contribution in [0.2, 0.25) is 0 Å². The molecule has 1 N–H and O–H groups in total. The summed E-state index contributed by atoms with van der Waals surface area (Å²) in [5.74, 6) is 0.166. The summed E-state index contributed by atoms with van der Waals surface area (Å²) in [5.41, 5.74) is 1.89. The van der Waals surface area contributed by atoms with E-state index in [0.29, 0.717) is 0 Å². The molecule has 0 spiro atoms. The number of fused-ring (bicyclic) bond motifs is 1. The lowest BCUT2D eigenvalue weighted by molar-refractivity contribution is -0.133. The molecule has 0 radical (unpaired) electrons. The predicted molar refractivity (Wildman–Crippen MR) is 112 cm³/mol. The van der Waals surface area contributed by atoms with Gasteiger partial charge in [0.2, 0.25) is 5.91 Å². The van der Waals surface area contributed by atoms with Gasteiger partial charge in [-0.2, -0.15) is 0 Å². The van der Waals surface area contributed by atoms with Crippen molar-refractivity contribution >= 4 is 12.0 Å². The van der Waals surface area contributed by atoms with Crippen molar-refractivity contribution in [1.82, 2.24) is 10.2 Å². The number of nitrogens with one attached hydrogen (secondary N) is 1. The number of hydrogen-bond donors (Lipinski definition) is 1. The van der Waals surface area contributed by atoms with Gasteiger partial charge in [-0.05, 0) is 43.7 Å². The Bertz CT molecular complexity index is 826. The normalized spacial score (nSPS) is 29.2. The Hall–Kier alpha value is -2.56. The molecule has 3 unspecified atom stereocenters. The van der Waals surface area contributed by atoms with Gasteiger partial charge in [-0.15, -0.1) is 0 Å². The third-order valence-corrected chi connectivity index (χ3v) is 6.83. The fraction of sp³-hybridized carbons (Fsp3) is 0.500. The van der Waals surface area contributed by atoms with Crippen LogP contribution in [0.5, 0.6) is 0 Å². The second kappa shape index (κ2) is 8.05. The maximum atomic E-state index is 12.4. The minimum absolute atomic E-state index is 0.0112. The molecule has 2 amide bonds. The van der Waals surface area contributed by atoms with E-state index in [9.17, 15) is 9.59 Å².